The van der Waals surface area contributed by atoms with Crippen molar-refractivity contribution < 1.29 is 9.53 Å². The number of hydrogen-bond donors (Lipinski definition) is 3. The number of aryl methyl sites for hydroxylation is 1. The summed E-state index contributed by atoms with van der Waals surface area (Å²) < 4.78 is 5.41. The number of alkyl carbamates (subject to hydrolysis) is 1. The summed E-state index contributed by atoms with van der Waals surface area (Å²) in [7, 11) is 0. The summed E-state index contributed by atoms with van der Waals surface area (Å²) >= 11 is 0. The van der Waals surface area contributed by atoms with Crippen LogP contribution in [0.4, 0.5) is 22.4 Å². The summed E-state index contributed by atoms with van der Waals surface area (Å²) in [6.45, 7) is 9.18. The fourth-order valence-electron chi connectivity index (χ4n) is 4.82. The standard InChI is InChI=1S/C27H32N8O2/c1-5-18-11-23(34-33-18)30-22-12-19(10-16-7-6-8-17(9-16)13-28)29-25(31-22)35-14-20-21(15-35)24(20)32-26(36)37-27(2,3)4/h6-9,11-12,20-21,24H,5,10,14-15H2,1-4H3,(H,32,36)(H2,29,30,31,33,34)/t20-,21+,24?. The number of nitriles is 1. The molecule has 1 unspecified atom stereocenters. The molecule has 3 heterocycles. The number of aromatic nitrogens is 4. The molecule has 192 valence electrons. The molecular weight excluding hydrogens is 468 g/mol. The SMILES string of the molecule is CCc1cc(Nc2cc(Cc3cccc(C#N)c3)nc(N3C[C@@H]4C(NC(=O)OC(C)(C)C)[C@@H]4C3)n2)n[nH]1. The Morgan fingerprint density at radius 2 is 1.97 bits per heavy atom. The predicted molar refractivity (Wildman–Crippen MR) is 140 cm³/mol. The van der Waals surface area contributed by atoms with E-state index in [1.165, 1.54) is 0 Å². The van der Waals surface area contributed by atoms with Crippen LogP contribution in [0.15, 0.2) is 36.4 Å². The Hall–Kier alpha value is -4.13. The van der Waals surface area contributed by atoms with Gasteiger partial charge in [0.25, 0.3) is 0 Å². The minimum absolute atomic E-state index is 0.122. The minimum atomic E-state index is -0.517. The van der Waals surface area contributed by atoms with E-state index in [0.717, 1.165) is 36.5 Å². The number of aromatic amines is 1. The molecular formula is C27H32N8O2. The zero-order valence-corrected chi connectivity index (χ0v) is 21.6. The van der Waals surface area contributed by atoms with Crippen molar-refractivity contribution in [2.45, 2.75) is 52.2 Å². The second kappa shape index (κ2) is 9.73. The van der Waals surface area contributed by atoms with Crippen LogP contribution in [0, 0.1) is 23.2 Å². The van der Waals surface area contributed by atoms with Gasteiger partial charge in [0.15, 0.2) is 5.82 Å². The number of fused-ring (bicyclic) bond motifs is 1. The van der Waals surface area contributed by atoms with Crippen molar-refractivity contribution in [3.05, 3.63) is 58.9 Å². The van der Waals surface area contributed by atoms with E-state index < -0.39 is 5.60 Å². The van der Waals surface area contributed by atoms with Gasteiger partial charge in [0, 0.05) is 55.2 Å². The van der Waals surface area contributed by atoms with E-state index >= 15 is 0 Å². The molecule has 2 aromatic heterocycles. The molecule has 2 aliphatic rings. The third-order valence-electron chi connectivity index (χ3n) is 6.64. The second-order valence-electron chi connectivity index (χ2n) is 10.7. The first kappa shape index (κ1) is 24.6. The lowest BCUT2D eigenvalue weighted by atomic mass is 10.1. The Balaban J connectivity index is 1.32. The number of carbonyl (C=O) groups excluding carboxylic acids is 1. The zero-order valence-electron chi connectivity index (χ0n) is 21.6. The van der Waals surface area contributed by atoms with E-state index in [0.29, 0.717) is 41.4 Å². The smallest absolute Gasteiger partial charge is 0.407 e. The van der Waals surface area contributed by atoms with Crippen molar-refractivity contribution >= 4 is 23.7 Å². The first-order chi connectivity index (χ1) is 17.7. The Morgan fingerprint density at radius 1 is 1.19 bits per heavy atom. The number of rotatable bonds is 7. The van der Waals surface area contributed by atoms with Gasteiger partial charge < -0.3 is 20.3 Å². The summed E-state index contributed by atoms with van der Waals surface area (Å²) in [5, 5.41) is 22.9. The number of nitrogens with zero attached hydrogens (tertiary/aromatic N) is 5. The van der Waals surface area contributed by atoms with Crippen molar-refractivity contribution in [3.8, 4) is 6.07 Å². The maximum absolute atomic E-state index is 12.2. The van der Waals surface area contributed by atoms with Gasteiger partial charge in [-0.3, -0.25) is 5.10 Å². The lowest BCUT2D eigenvalue weighted by molar-refractivity contribution is 0.0518. The molecule has 10 nitrogen and oxygen atoms in total. The Kier molecular flexibility index (Phi) is 6.46. The lowest BCUT2D eigenvalue weighted by Gasteiger charge is -2.23. The van der Waals surface area contributed by atoms with E-state index in [9.17, 15) is 10.1 Å². The number of hydrogen-bond acceptors (Lipinski definition) is 8. The molecule has 1 amide bonds. The molecule has 0 radical (unpaired) electrons. The van der Waals surface area contributed by atoms with E-state index in [2.05, 4.69) is 38.7 Å². The minimum Gasteiger partial charge on any atom is -0.444 e. The predicted octanol–water partition coefficient (Wildman–Crippen LogP) is 3.93. The van der Waals surface area contributed by atoms with Gasteiger partial charge in [-0.15, -0.1) is 0 Å². The molecule has 3 aromatic rings. The maximum atomic E-state index is 12.2. The van der Waals surface area contributed by atoms with Crippen molar-refractivity contribution in [2.24, 2.45) is 11.8 Å². The van der Waals surface area contributed by atoms with Crippen LogP contribution in [0.3, 0.4) is 0 Å². The number of benzene rings is 1. The number of piperidine rings is 1. The van der Waals surface area contributed by atoms with E-state index in [1.54, 1.807) is 6.07 Å². The number of H-pyrrole nitrogens is 1. The number of amides is 1. The van der Waals surface area contributed by atoms with Gasteiger partial charge in [0.2, 0.25) is 5.95 Å². The summed E-state index contributed by atoms with van der Waals surface area (Å²) in [5.41, 5.74) is 2.99. The molecule has 1 saturated carbocycles. The van der Waals surface area contributed by atoms with Gasteiger partial charge in [0.05, 0.1) is 17.3 Å². The number of nitrogens with one attached hydrogen (secondary N) is 3. The molecule has 3 N–H and O–H groups in total. The highest BCUT2D eigenvalue weighted by Crippen LogP contribution is 2.46. The van der Waals surface area contributed by atoms with Crippen LogP contribution in [0.2, 0.25) is 0 Å². The monoisotopic (exact) mass is 500 g/mol. The van der Waals surface area contributed by atoms with Crippen LogP contribution in [-0.4, -0.2) is 51.0 Å². The van der Waals surface area contributed by atoms with Gasteiger partial charge in [-0.2, -0.15) is 15.3 Å². The summed E-state index contributed by atoms with van der Waals surface area (Å²) in [5.74, 6) is 2.70. The molecule has 5 rings (SSSR count). The molecule has 3 atom stereocenters. The molecule has 1 aliphatic heterocycles. The third kappa shape index (κ3) is 5.82. The van der Waals surface area contributed by atoms with Crippen LogP contribution in [0.1, 0.15) is 50.2 Å². The molecule has 2 fully saturated rings. The van der Waals surface area contributed by atoms with Gasteiger partial charge in [0.1, 0.15) is 11.4 Å². The topological polar surface area (TPSA) is 132 Å². The zero-order chi connectivity index (χ0) is 26.2. The molecule has 10 heteroatoms. The molecule has 0 bridgehead atoms. The van der Waals surface area contributed by atoms with Gasteiger partial charge in [-0.25, -0.2) is 9.78 Å². The number of anilines is 3. The number of ether oxygens (including phenoxy) is 1. The highest BCUT2D eigenvalue weighted by atomic mass is 16.6. The normalized spacial score (nSPS) is 20.2. The van der Waals surface area contributed by atoms with Gasteiger partial charge in [-0.05, 0) is 44.9 Å². The van der Waals surface area contributed by atoms with Crippen molar-refractivity contribution in [3.63, 3.8) is 0 Å². The van der Waals surface area contributed by atoms with E-state index in [4.69, 9.17) is 14.7 Å². The Morgan fingerprint density at radius 3 is 2.65 bits per heavy atom. The molecule has 0 spiro atoms. The first-order valence-corrected chi connectivity index (χ1v) is 12.6. The maximum Gasteiger partial charge on any atom is 0.407 e. The first-order valence-electron chi connectivity index (χ1n) is 12.6. The Labute approximate surface area is 216 Å². The Bertz CT molecular complexity index is 1330. The van der Waals surface area contributed by atoms with Crippen molar-refractivity contribution in [2.75, 3.05) is 23.3 Å². The van der Waals surface area contributed by atoms with Crippen LogP contribution < -0.4 is 15.5 Å². The summed E-state index contributed by atoms with van der Waals surface area (Å²) in [6, 6.07) is 13.8. The molecule has 1 saturated heterocycles. The fraction of sp³-hybridized carbons (Fsp3) is 0.444. The van der Waals surface area contributed by atoms with Crippen LogP contribution in [0.5, 0.6) is 0 Å². The molecule has 1 aromatic carbocycles. The van der Waals surface area contributed by atoms with E-state index in [-0.39, 0.29) is 12.1 Å². The molecule has 1 aliphatic carbocycles. The van der Waals surface area contributed by atoms with Crippen LogP contribution in [-0.2, 0) is 17.6 Å². The third-order valence-corrected chi connectivity index (χ3v) is 6.64. The summed E-state index contributed by atoms with van der Waals surface area (Å²) in [6.07, 6.45) is 1.07. The highest BCUT2D eigenvalue weighted by molar-refractivity contribution is 5.69. The average Bonchev–Trinajstić information content (AvgIpc) is 3.20. The quantitative estimate of drug-likeness (QED) is 0.445. The largest absolute Gasteiger partial charge is 0.444 e. The highest BCUT2D eigenvalue weighted by Gasteiger charge is 2.57. The number of carbonyl (C=O) groups is 1. The van der Waals surface area contributed by atoms with Gasteiger partial charge >= 0.3 is 6.09 Å². The van der Waals surface area contributed by atoms with E-state index in [1.807, 2.05) is 51.1 Å². The average molecular weight is 501 g/mol. The molecule has 37 heavy (non-hydrogen) atoms. The van der Waals surface area contributed by atoms with Crippen LogP contribution in [0.25, 0.3) is 0 Å². The fourth-order valence-corrected chi connectivity index (χ4v) is 4.82. The van der Waals surface area contributed by atoms with Gasteiger partial charge in [-0.1, -0.05) is 19.1 Å². The van der Waals surface area contributed by atoms with Crippen molar-refractivity contribution in [1.82, 2.24) is 25.5 Å². The lowest BCUT2D eigenvalue weighted by Crippen LogP contribution is -2.38. The van der Waals surface area contributed by atoms with Crippen LogP contribution >= 0.6 is 0 Å². The van der Waals surface area contributed by atoms with Crippen molar-refractivity contribution in [1.29, 1.82) is 5.26 Å². The summed E-state index contributed by atoms with van der Waals surface area (Å²) in [4.78, 5) is 24.0. The second-order valence-corrected chi connectivity index (χ2v) is 10.7.